The zero-order valence-electron chi connectivity index (χ0n) is 12.7. The highest BCUT2D eigenvalue weighted by Gasteiger charge is 2.12. The van der Waals surface area contributed by atoms with Gasteiger partial charge in [0.25, 0.3) is 0 Å². The van der Waals surface area contributed by atoms with E-state index in [1.54, 1.807) is 6.07 Å². The van der Waals surface area contributed by atoms with Gasteiger partial charge in [-0.25, -0.2) is 14.4 Å². The first kappa shape index (κ1) is 15.6. The molecule has 2 aromatic rings. The summed E-state index contributed by atoms with van der Waals surface area (Å²) in [5.41, 5.74) is 9.91. The number of rotatable bonds is 6. The Labute approximate surface area is 125 Å². The van der Waals surface area contributed by atoms with E-state index in [9.17, 15) is 4.39 Å². The normalized spacial score (nSPS) is 10.9. The number of aryl methyl sites for hydroxylation is 2. The van der Waals surface area contributed by atoms with E-state index in [-0.39, 0.29) is 5.82 Å². The molecule has 0 bridgehead atoms. The molecule has 0 saturated carbocycles. The highest BCUT2D eigenvalue weighted by Crippen LogP contribution is 2.16. The van der Waals surface area contributed by atoms with E-state index in [4.69, 9.17) is 5.73 Å². The smallest absolute Gasteiger partial charge is 0.133 e. The van der Waals surface area contributed by atoms with Crippen molar-refractivity contribution >= 4 is 0 Å². The maximum atomic E-state index is 13.3. The molecular formula is C17H22FN3. The van der Waals surface area contributed by atoms with Crippen LogP contribution in [0.2, 0.25) is 0 Å². The van der Waals surface area contributed by atoms with Crippen LogP contribution in [0.4, 0.5) is 4.39 Å². The van der Waals surface area contributed by atoms with Gasteiger partial charge in [-0.15, -0.1) is 0 Å². The van der Waals surface area contributed by atoms with Crippen LogP contribution in [0.15, 0.2) is 24.3 Å². The Hall–Kier alpha value is -1.81. The fraction of sp³-hybridized carbons (Fsp3) is 0.412. The predicted molar refractivity (Wildman–Crippen MR) is 82.8 cm³/mol. The largest absolute Gasteiger partial charge is 0.330 e. The van der Waals surface area contributed by atoms with Crippen LogP contribution in [-0.4, -0.2) is 16.5 Å². The van der Waals surface area contributed by atoms with Crippen LogP contribution >= 0.6 is 0 Å². The molecule has 4 heteroatoms. The summed E-state index contributed by atoms with van der Waals surface area (Å²) in [6, 6.07) is 6.60. The van der Waals surface area contributed by atoms with E-state index in [1.165, 1.54) is 17.7 Å². The Morgan fingerprint density at radius 3 is 2.29 bits per heavy atom. The minimum absolute atomic E-state index is 0.223. The number of hydrogen-bond acceptors (Lipinski definition) is 3. The Morgan fingerprint density at radius 1 is 1.10 bits per heavy atom. The second kappa shape index (κ2) is 7.27. The number of nitrogens with zero attached hydrogens (tertiary/aromatic N) is 2. The zero-order chi connectivity index (χ0) is 15.2. The molecule has 0 aliphatic heterocycles. The number of halogens is 1. The lowest BCUT2D eigenvalue weighted by molar-refractivity contribution is 0.625. The van der Waals surface area contributed by atoms with Crippen LogP contribution < -0.4 is 5.73 Å². The molecule has 112 valence electrons. The zero-order valence-corrected chi connectivity index (χ0v) is 12.7. The maximum Gasteiger partial charge on any atom is 0.133 e. The minimum Gasteiger partial charge on any atom is -0.330 e. The van der Waals surface area contributed by atoms with Gasteiger partial charge in [-0.05, 0) is 49.1 Å². The summed E-state index contributed by atoms with van der Waals surface area (Å²) in [5, 5.41) is 0. The first-order chi connectivity index (χ1) is 10.2. The van der Waals surface area contributed by atoms with E-state index in [2.05, 4.69) is 23.8 Å². The topological polar surface area (TPSA) is 51.8 Å². The van der Waals surface area contributed by atoms with Gasteiger partial charge < -0.3 is 5.73 Å². The average molecular weight is 287 g/mol. The third-order valence-electron chi connectivity index (χ3n) is 3.54. The summed E-state index contributed by atoms with van der Waals surface area (Å²) in [4.78, 5) is 9.31. The molecule has 3 nitrogen and oxygen atoms in total. The summed E-state index contributed by atoms with van der Waals surface area (Å²) in [7, 11) is 0. The number of nitrogens with two attached hydrogens (primary N) is 1. The van der Waals surface area contributed by atoms with Crippen molar-refractivity contribution in [2.75, 3.05) is 6.54 Å². The van der Waals surface area contributed by atoms with E-state index < -0.39 is 0 Å². The minimum atomic E-state index is -0.223. The fourth-order valence-corrected chi connectivity index (χ4v) is 2.56. The molecule has 21 heavy (non-hydrogen) atoms. The average Bonchev–Trinajstić information content (AvgIpc) is 2.48. The summed E-state index contributed by atoms with van der Waals surface area (Å²) < 4.78 is 13.3. The molecule has 0 unspecified atom stereocenters. The van der Waals surface area contributed by atoms with Gasteiger partial charge in [0.2, 0.25) is 0 Å². The lowest BCUT2D eigenvalue weighted by Gasteiger charge is -2.13. The molecule has 0 fully saturated rings. The Balaban J connectivity index is 2.36. The van der Waals surface area contributed by atoms with Crippen molar-refractivity contribution in [3.63, 3.8) is 0 Å². The second-order valence-electron chi connectivity index (χ2n) is 5.06. The van der Waals surface area contributed by atoms with Crippen molar-refractivity contribution < 1.29 is 4.39 Å². The summed E-state index contributed by atoms with van der Waals surface area (Å²) in [6.07, 6.45) is 3.09. The Morgan fingerprint density at radius 2 is 1.76 bits per heavy atom. The quantitative estimate of drug-likeness (QED) is 0.889. The van der Waals surface area contributed by atoms with E-state index >= 15 is 0 Å². The molecule has 2 N–H and O–H groups in total. The molecule has 0 radical (unpaired) electrons. The van der Waals surface area contributed by atoms with Crippen LogP contribution in [0.25, 0.3) is 0 Å². The summed E-state index contributed by atoms with van der Waals surface area (Å²) in [5.74, 6) is 0.536. The van der Waals surface area contributed by atoms with Crippen molar-refractivity contribution in [3.05, 3.63) is 58.4 Å². The van der Waals surface area contributed by atoms with Gasteiger partial charge in [0.15, 0.2) is 0 Å². The fourth-order valence-electron chi connectivity index (χ4n) is 2.56. The van der Waals surface area contributed by atoms with E-state index in [0.717, 1.165) is 42.0 Å². The molecule has 2 rings (SSSR count). The number of hydrogen-bond donors (Lipinski definition) is 1. The SMILES string of the molecule is CCc1nc(Cc2cccc(F)c2)nc(CC)c1CCN. The molecule has 1 heterocycles. The molecule has 0 spiro atoms. The van der Waals surface area contributed by atoms with Gasteiger partial charge in [-0.2, -0.15) is 0 Å². The third-order valence-corrected chi connectivity index (χ3v) is 3.54. The molecule has 0 aliphatic carbocycles. The molecule has 1 aromatic carbocycles. The van der Waals surface area contributed by atoms with Crippen LogP contribution in [-0.2, 0) is 25.7 Å². The highest BCUT2D eigenvalue weighted by molar-refractivity contribution is 5.29. The van der Waals surface area contributed by atoms with Crippen LogP contribution in [0.1, 0.15) is 42.2 Å². The van der Waals surface area contributed by atoms with Gasteiger partial charge in [-0.1, -0.05) is 26.0 Å². The number of aromatic nitrogens is 2. The maximum absolute atomic E-state index is 13.3. The molecule has 0 saturated heterocycles. The van der Waals surface area contributed by atoms with E-state index in [0.29, 0.717) is 13.0 Å². The molecular weight excluding hydrogens is 265 g/mol. The number of benzene rings is 1. The van der Waals surface area contributed by atoms with Crippen molar-refractivity contribution in [1.29, 1.82) is 0 Å². The van der Waals surface area contributed by atoms with Gasteiger partial charge in [0, 0.05) is 17.8 Å². The standard InChI is InChI=1S/C17H22FN3/c1-3-15-14(8-9-19)16(4-2)21-17(20-15)11-12-6-5-7-13(18)10-12/h5-7,10H,3-4,8-9,11,19H2,1-2H3. The first-order valence-electron chi connectivity index (χ1n) is 7.50. The molecule has 0 aliphatic rings. The third kappa shape index (κ3) is 3.85. The summed E-state index contributed by atoms with van der Waals surface area (Å²) in [6.45, 7) is 4.79. The van der Waals surface area contributed by atoms with E-state index in [1.807, 2.05) is 6.07 Å². The lowest BCUT2D eigenvalue weighted by atomic mass is 10.0. The second-order valence-corrected chi connectivity index (χ2v) is 5.06. The molecule has 0 amide bonds. The van der Waals surface area contributed by atoms with Gasteiger partial charge in [0.1, 0.15) is 11.6 Å². The van der Waals surface area contributed by atoms with Crippen molar-refractivity contribution in [3.8, 4) is 0 Å². The highest BCUT2D eigenvalue weighted by atomic mass is 19.1. The van der Waals surface area contributed by atoms with Gasteiger partial charge in [-0.3, -0.25) is 0 Å². The Kier molecular flexibility index (Phi) is 5.39. The Bertz CT molecular complexity index is 586. The predicted octanol–water partition coefficient (Wildman–Crippen LogP) is 2.83. The van der Waals surface area contributed by atoms with Crippen molar-refractivity contribution in [2.45, 2.75) is 39.5 Å². The lowest BCUT2D eigenvalue weighted by Crippen LogP contribution is -2.13. The monoisotopic (exact) mass is 287 g/mol. The van der Waals surface area contributed by atoms with Gasteiger partial charge in [0.05, 0.1) is 0 Å². The van der Waals surface area contributed by atoms with Crippen LogP contribution in [0.3, 0.4) is 0 Å². The van der Waals surface area contributed by atoms with Crippen LogP contribution in [0, 0.1) is 5.82 Å². The first-order valence-corrected chi connectivity index (χ1v) is 7.50. The van der Waals surface area contributed by atoms with Gasteiger partial charge >= 0.3 is 0 Å². The van der Waals surface area contributed by atoms with Crippen LogP contribution in [0.5, 0.6) is 0 Å². The molecule has 0 atom stereocenters. The van der Waals surface area contributed by atoms with Crippen molar-refractivity contribution in [2.24, 2.45) is 5.73 Å². The summed E-state index contributed by atoms with van der Waals surface area (Å²) >= 11 is 0. The van der Waals surface area contributed by atoms with Crippen molar-refractivity contribution in [1.82, 2.24) is 9.97 Å². The molecule has 1 aromatic heterocycles.